The highest BCUT2D eigenvalue weighted by molar-refractivity contribution is 6.31. The Morgan fingerprint density at radius 3 is 2.45 bits per heavy atom. The number of aliphatic hydroxyl groups is 1. The zero-order valence-corrected chi connectivity index (χ0v) is 19.2. The highest BCUT2D eigenvalue weighted by Crippen LogP contribution is 2.34. The van der Waals surface area contributed by atoms with E-state index in [1.165, 1.54) is 0 Å². The molecule has 1 heterocycles. The average Bonchev–Trinajstić information content (AvgIpc) is 2.68. The van der Waals surface area contributed by atoms with Crippen LogP contribution in [0.4, 0.5) is 5.69 Å². The molecule has 0 spiro atoms. The molecule has 0 saturated carbocycles. The van der Waals surface area contributed by atoms with Crippen LogP contribution in [0.2, 0.25) is 5.02 Å². The number of anilines is 1. The van der Waals surface area contributed by atoms with Gasteiger partial charge in [-0.2, -0.15) is 0 Å². The fraction of sp³-hybridized carbons (Fsp3) is 0.381. The maximum Gasteiger partial charge on any atom is 0.119 e. The monoisotopic (exact) mass is 459 g/mol. The zero-order chi connectivity index (χ0) is 19.4. The van der Waals surface area contributed by atoms with Crippen molar-refractivity contribution >= 4 is 63.9 Å². The fourth-order valence-corrected chi connectivity index (χ4v) is 3.44. The molecule has 29 heavy (non-hydrogen) atoms. The molecule has 0 amide bonds. The van der Waals surface area contributed by atoms with Gasteiger partial charge >= 0.3 is 0 Å². The number of ether oxygens (including phenoxy) is 1. The molecular weight excluding hydrogens is 433 g/mol. The Bertz CT molecular complexity index is 936. The molecule has 0 radical (unpaired) electrons. The molecule has 0 aliphatic heterocycles. The smallest absolute Gasteiger partial charge is 0.119 e. The number of aromatic nitrogens is 1. The topological polar surface area (TPSA) is 57.6 Å². The molecule has 3 rings (SSSR count). The van der Waals surface area contributed by atoms with Gasteiger partial charge < -0.3 is 20.1 Å². The summed E-state index contributed by atoms with van der Waals surface area (Å²) in [5, 5.41) is 16.5. The van der Waals surface area contributed by atoms with Crippen LogP contribution < -0.4 is 10.1 Å². The number of methoxy groups -OCH3 is 1. The minimum atomic E-state index is -0.471. The van der Waals surface area contributed by atoms with Crippen LogP contribution in [0.15, 0.2) is 36.4 Å². The van der Waals surface area contributed by atoms with Gasteiger partial charge in [-0.15, -0.1) is 24.8 Å². The molecular formula is C21H28Cl3N3O2. The van der Waals surface area contributed by atoms with Crippen LogP contribution in [0, 0.1) is 0 Å². The third kappa shape index (κ3) is 6.00. The molecule has 2 N–H and O–H groups in total. The first kappa shape index (κ1) is 25.5. The van der Waals surface area contributed by atoms with Gasteiger partial charge in [-0.05, 0) is 49.5 Å². The second-order valence-electron chi connectivity index (χ2n) is 6.55. The van der Waals surface area contributed by atoms with Crippen molar-refractivity contribution in [1.82, 2.24) is 9.88 Å². The molecule has 0 aliphatic rings. The number of benzene rings is 2. The number of pyridine rings is 1. The highest BCUT2D eigenvalue weighted by atomic mass is 35.5. The van der Waals surface area contributed by atoms with E-state index in [1.807, 2.05) is 36.4 Å². The summed E-state index contributed by atoms with van der Waals surface area (Å²) in [5.41, 5.74) is 2.61. The number of hydrogen-bond acceptors (Lipinski definition) is 5. The van der Waals surface area contributed by atoms with Crippen LogP contribution in [-0.2, 0) is 0 Å². The lowest BCUT2D eigenvalue weighted by molar-refractivity contribution is 0.128. The van der Waals surface area contributed by atoms with Crippen molar-refractivity contribution in [1.29, 1.82) is 0 Å². The Labute approximate surface area is 189 Å². The number of nitrogens with zero attached hydrogens (tertiary/aromatic N) is 2. The van der Waals surface area contributed by atoms with Crippen molar-refractivity contribution in [2.24, 2.45) is 0 Å². The quantitative estimate of drug-likeness (QED) is 0.463. The second-order valence-corrected chi connectivity index (χ2v) is 6.99. The van der Waals surface area contributed by atoms with Gasteiger partial charge in [-0.25, -0.2) is 4.98 Å². The summed E-state index contributed by atoms with van der Waals surface area (Å²) in [6.45, 7) is 7.13. The molecule has 2 aromatic carbocycles. The summed E-state index contributed by atoms with van der Waals surface area (Å²) in [4.78, 5) is 6.93. The van der Waals surface area contributed by atoms with E-state index in [9.17, 15) is 5.11 Å². The molecule has 160 valence electrons. The maximum atomic E-state index is 10.5. The van der Waals surface area contributed by atoms with Crippen molar-refractivity contribution in [2.45, 2.75) is 20.0 Å². The summed E-state index contributed by atoms with van der Waals surface area (Å²) >= 11 is 6.16. The van der Waals surface area contributed by atoms with Gasteiger partial charge in [0.05, 0.1) is 29.9 Å². The predicted molar refractivity (Wildman–Crippen MR) is 128 cm³/mol. The van der Waals surface area contributed by atoms with Crippen molar-refractivity contribution in [3.8, 4) is 5.75 Å². The first-order chi connectivity index (χ1) is 13.0. The number of fused-ring (bicyclic) bond motifs is 2. The number of rotatable bonds is 8. The van der Waals surface area contributed by atoms with Crippen LogP contribution in [-0.4, -0.2) is 54.4 Å². The lowest BCUT2D eigenvalue weighted by atomic mass is 10.1. The number of halogens is 3. The number of nitrogens with one attached hydrogen (secondary N) is 1. The van der Waals surface area contributed by atoms with Gasteiger partial charge in [0.25, 0.3) is 0 Å². The first-order valence-electron chi connectivity index (χ1n) is 9.27. The molecule has 1 unspecified atom stereocenters. The maximum absolute atomic E-state index is 10.5. The lowest BCUT2D eigenvalue weighted by Gasteiger charge is -2.23. The number of hydrogen-bond donors (Lipinski definition) is 2. The number of likely N-dealkylation sites (N-methyl/N-ethyl adjacent to an activating group) is 1. The van der Waals surface area contributed by atoms with Crippen molar-refractivity contribution < 1.29 is 9.84 Å². The summed E-state index contributed by atoms with van der Waals surface area (Å²) in [6.07, 6.45) is -0.471. The van der Waals surface area contributed by atoms with Gasteiger partial charge in [-0.3, -0.25) is 0 Å². The lowest BCUT2D eigenvalue weighted by Crippen LogP contribution is -2.36. The molecule has 0 fully saturated rings. The SMILES string of the molecule is CCN(CC)CC(O)CNc1c2ccc(Cl)cc2nc2ccc(OC)cc12.Cl.Cl. The van der Waals surface area contributed by atoms with E-state index in [0.29, 0.717) is 18.1 Å². The zero-order valence-electron chi connectivity index (χ0n) is 16.8. The van der Waals surface area contributed by atoms with Gasteiger partial charge in [0, 0.05) is 28.9 Å². The van der Waals surface area contributed by atoms with E-state index in [2.05, 4.69) is 24.1 Å². The van der Waals surface area contributed by atoms with Crippen LogP contribution in [0.25, 0.3) is 21.8 Å². The third-order valence-electron chi connectivity index (χ3n) is 4.82. The fourth-order valence-electron chi connectivity index (χ4n) is 3.28. The molecule has 0 bridgehead atoms. The molecule has 0 saturated heterocycles. The Hall–Kier alpha value is -1.50. The minimum absolute atomic E-state index is 0. The standard InChI is InChI=1S/C21H26ClN3O2.2ClH/c1-4-25(5-2)13-15(26)12-23-21-17-8-6-14(22)10-20(17)24-19-9-7-16(27-3)11-18(19)21;;/h6-11,15,26H,4-5,12-13H2,1-3H3,(H,23,24);2*1H. The molecule has 3 aromatic rings. The highest BCUT2D eigenvalue weighted by Gasteiger charge is 2.14. The largest absolute Gasteiger partial charge is 0.497 e. The predicted octanol–water partition coefficient (Wildman–Crippen LogP) is 5.01. The molecule has 5 nitrogen and oxygen atoms in total. The van der Waals surface area contributed by atoms with Crippen LogP contribution >= 0.6 is 36.4 Å². The summed E-state index contributed by atoms with van der Waals surface area (Å²) in [6, 6.07) is 11.5. The van der Waals surface area contributed by atoms with E-state index in [4.69, 9.17) is 21.3 Å². The molecule has 1 atom stereocenters. The average molecular weight is 461 g/mol. The van der Waals surface area contributed by atoms with Crippen LogP contribution in [0.1, 0.15) is 13.8 Å². The third-order valence-corrected chi connectivity index (χ3v) is 5.06. The van der Waals surface area contributed by atoms with Gasteiger partial charge in [0.2, 0.25) is 0 Å². The van der Waals surface area contributed by atoms with E-state index in [0.717, 1.165) is 46.3 Å². The van der Waals surface area contributed by atoms with Crippen LogP contribution in [0.5, 0.6) is 5.75 Å². The van der Waals surface area contributed by atoms with Gasteiger partial charge in [0.1, 0.15) is 5.75 Å². The van der Waals surface area contributed by atoms with E-state index in [1.54, 1.807) is 7.11 Å². The summed E-state index contributed by atoms with van der Waals surface area (Å²) in [5.74, 6) is 0.768. The number of aliphatic hydroxyl groups excluding tert-OH is 1. The van der Waals surface area contributed by atoms with Crippen LogP contribution in [0.3, 0.4) is 0 Å². The van der Waals surface area contributed by atoms with Crippen molar-refractivity contribution in [3.63, 3.8) is 0 Å². The molecule has 8 heteroatoms. The summed E-state index contributed by atoms with van der Waals surface area (Å²) < 4.78 is 5.38. The van der Waals surface area contributed by atoms with Gasteiger partial charge in [-0.1, -0.05) is 25.4 Å². The Kier molecular flexibility index (Phi) is 10.2. The Balaban J connectivity index is 0.00000210. The minimum Gasteiger partial charge on any atom is -0.497 e. The van der Waals surface area contributed by atoms with E-state index in [-0.39, 0.29) is 24.8 Å². The molecule has 1 aromatic heterocycles. The normalized spacial score (nSPS) is 11.8. The first-order valence-corrected chi connectivity index (χ1v) is 9.64. The van der Waals surface area contributed by atoms with Gasteiger partial charge in [0.15, 0.2) is 0 Å². The Morgan fingerprint density at radius 1 is 1.07 bits per heavy atom. The summed E-state index contributed by atoms with van der Waals surface area (Å²) in [7, 11) is 1.65. The second kappa shape index (κ2) is 11.6. The molecule has 0 aliphatic carbocycles. The van der Waals surface area contributed by atoms with E-state index >= 15 is 0 Å². The van der Waals surface area contributed by atoms with Crippen molar-refractivity contribution in [3.05, 3.63) is 41.4 Å². The van der Waals surface area contributed by atoms with E-state index < -0.39 is 6.10 Å². The van der Waals surface area contributed by atoms with Crippen molar-refractivity contribution in [2.75, 3.05) is 38.6 Å². The Morgan fingerprint density at radius 2 is 1.79 bits per heavy atom.